The highest BCUT2D eigenvalue weighted by Gasteiger charge is 2.21. The van der Waals surface area contributed by atoms with Gasteiger partial charge in [0, 0.05) is 12.5 Å². The maximum absolute atomic E-state index is 12.3. The molecule has 1 atom stereocenters. The molecule has 0 aliphatic heterocycles. The third-order valence-electron chi connectivity index (χ3n) is 3.22. The highest BCUT2D eigenvalue weighted by Crippen LogP contribution is 2.19. The summed E-state index contributed by atoms with van der Waals surface area (Å²) in [6, 6.07) is 7.42. The Morgan fingerprint density at radius 2 is 2.05 bits per heavy atom. The number of aromatic amines is 1. The molecule has 0 aliphatic carbocycles. The van der Waals surface area contributed by atoms with Crippen LogP contribution in [0.5, 0.6) is 0 Å². The molecule has 0 amide bonds. The number of H-pyrrole nitrogens is 1. The minimum absolute atomic E-state index is 0.106. The van der Waals surface area contributed by atoms with Crippen molar-refractivity contribution in [3.05, 3.63) is 47.4 Å². The van der Waals surface area contributed by atoms with E-state index < -0.39 is 10.0 Å². The minimum atomic E-state index is -3.58. The van der Waals surface area contributed by atoms with Gasteiger partial charge in [-0.25, -0.2) is 18.1 Å². The van der Waals surface area contributed by atoms with Crippen LogP contribution >= 0.6 is 0 Å². The molecule has 0 fully saturated rings. The summed E-state index contributed by atoms with van der Waals surface area (Å²) in [6.07, 6.45) is 2.02. The second-order valence-corrected chi connectivity index (χ2v) is 6.43. The number of aryl methyl sites for hydroxylation is 2. The number of hydrogen-bond donors (Lipinski definition) is 2. The van der Waals surface area contributed by atoms with Crippen LogP contribution in [0.4, 0.5) is 0 Å². The van der Waals surface area contributed by atoms with E-state index in [0.29, 0.717) is 12.2 Å². The largest absolute Gasteiger partial charge is 0.332 e. The summed E-state index contributed by atoms with van der Waals surface area (Å²) >= 11 is 0. The van der Waals surface area contributed by atoms with E-state index in [1.807, 2.05) is 45.0 Å². The average Bonchev–Trinajstić information content (AvgIpc) is 2.88. The molecule has 1 aromatic carbocycles. The zero-order valence-corrected chi connectivity index (χ0v) is 12.7. The van der Waals surface area contributed by atoms with Gasteiger partial charge in [0.05, 0.1) is 6.20 Å². The van der Waals surface area contributed by atoms with Crippen LogP contribution in [0, 0.1) is 6.92 Å². The molecular weight excluding hydrogens is 274 g/mol. The zero-order chi connectivity index (χ0) is 14.8. The number of nitrogens with one attached hydrogen (secondary N) is 2. The van der Waals surface area contributed by atoms with Crippen LogP contribution in [0.15, 0.2) is 35.5 Å². The van der Waals surface area contributed by atoms with Crippen LogP contribution in [-0.2, 0) is 16.4 Å². The molecule has 1 aromatic heterocycles. The number of hydrogen-bond acceptors (Lipinski definition) is 3. The Morgan fingerprint density at radius 1 is 1.35 bits per heavy atom. The summed E-state index contributed by atoms with van der Waals surface area (Å²) in [7, 11) is -3.58. The summed E-state index contributed by atoms with van der Waals surface area (Å²) in [4.78, 5) is 6.84. The fourth-order valence-corrected chi connectivity index (χ4v) is 3.25. The smallest absolute Gasteiger partial charge is 0.258 e. The molecule has 0 spiro atoms. The van der Waals surface area contributed by atoms with Crippen LogP contribution in [-0.4, -0.2) is 18.4 Å². The first-order valence-corrected chi connectivity index (χ1v) is 8.04. The highest BCUT2D eigenvalue weighted by atomic mass is 32.2. The third kappa shape index (κ3) is 3.08. The van der Waals surface area contributed by atoms with Gasteiger partial charge in [-0.1, -0.05) is 31.2 Å². The highest BCUT2D eigenvalue weighted by molar-refractivity contribution is 7.89. The Balaban J connectivity index is 2.22. The monoisotopic (exact) mass is 293 g/mol. The Labute approximate surface area is 119 Å². The van der Waals surface area contributed by atoms with Gasteiger partial charge < -0.3 is 4.98 Å². The molecule has 0 aliphatic rings. The van der Waals surface area contributed by atoms with Crippen molar-refractivity contribution >= 4 is 10.0 Å². The van der Waals surface area contributed by atoms with E-state index in [1.54, 1.807) is 0 Å². The Hall–Kier alpha value is -1.66. The number of nitrogens with zero attached hydrogens (tertiary/aromatic N) is 1. The van der Waals surface area contributed by atoms with Gasteiger partial charge in [-0.3, -0.25) is 0 Å². The van der Waals surface area contributed by atoms with Gasteiger partial charge >= 0.3 is 0 Å². The summed E-state index contributed by atoms with van der Waals surface area (Å²) in [5, 5.41) is 0.106. The quantitative estimate of drug-likeness (QED) is 0.888. The molecule has 2 N–H and O–H groups in total. The maximum atomic E-state index is 12.3. The van der Waals surface area contributed by atoms with Crippen molar-refractivity contribution in [2.45, 2.75) is 38.3 Å². The molecule has 1 unspecified atom stereocenters. The van der Waals surface area contributed by atoms with Crippen molar-refractivity contribution < 1.29 is 8.42 Å². The van der Waals surface area contributed by atoms with Gasteiger partial charge in [0.15, 0.2) is 5.03 Å². The lowest BCUT2D eigenvalue weighted by Crippen LogP contribution is -2.27. The third-order valence-corrected chi connectivity index (χ3v) is 4.67. The van der Waals surface area contributed by atoms with Crippen LogP contribution in [0.3, 0.4) is 0 Å². The number of rotatable bonds is 5. The topological polar surface area (TPSA) is 74.8 Å². The fourth-order valence-electron chi connectivity index (χ4n) is 2.09. The lowest BCUT2D eigenvalue weighted by molar-refractivity contribution is 0.563. The molecule has 20 heavy (non-hydrogen) atoms. The first-order valence-electron chi connectivity index (χ1n) is 6.55. The molecule has 5 nitrogen and oxygen atoms in total. The molecule has 2 aromatic rings. The molecule has 2 rings (SSSR count). The maximum Gasteiger partial charge on any atom is 0.258 e. The lowest BCUT2D eigenvalue weighted by atomic mass is 10.0. The van der Waals surface area contributed by atoms with Gasteiger partial charge in [0.2, 0.25) is 0 Å². The van der Waals surface area contributed by atoms with Crippen molar-refractivity contribution in [2.75, 3.05) is 0 Å². The molecular formula is C14H19N3O2S. The summed E-state index contributed by atoms with van der Waals surface area (Å²) in [5.74, 6) is 0.661. The SMILES string of the molecule is CCc1ncc(S(=O)(=O)NC(C)c2ccccc2C)[nH]1. The van der Waals surface area contributed by atoms with Crippen LogP contribution < -0.4 is 4.72 Å². The predicted octanol–water partition coefficient (Wildman–Crippen LogP) is 2.32. The molecule has 1 heterocycles. The van der Waals surface area contributed by atoms with E-state index in [2.05, 4.69) is 14.7 Å². The van der Waals surface area contributed by atoms with Crippen molar-refractivity contribution in [1.29, 1.82) is 0 Å². The van der Waals surface area contributed by atoms with Crippen molar-refractivity contribution in [3.8, 4) is 0 Å². The molecule has 108 valence electrons. The molecule has 0 bridgehead atoms. The van der Waals surface area contributed by atoms with Crippen LogP contribution in [0.2, 0.25) is 0 Å². The van der Waals surface area contributed by atoms with Crippen molar-refractivity contribution in [3.63, 3.8) is 0 Å². The number of benzene rings is 1. The van der Waals surface area contributed by atoms with Crippen LogP contribution in [0.25, 0.3) is 0 Å². The summed E-state index contributed by atoms with van der Waals surface area (Å²) < 4.78 is 27.2. The van der Waals surface area contributed by atoms with E-state index in [0.717, 1.165) is 11.1 Å². The summed E-state index contributed by atoms with van der Waals surface area (Å²) in [5.41, 5.74) is 2.02. The molecule has 0 saturated heterocycles. The van der Waals surface area contributed by atoms with Crippen LogP contribution in [0.1, 0.15) is 36.8 Å². The molecule has 6 heteroatoms. The normalized spacial score (nSPS) is 13.3. The van der Waals surface area contributed by atoms with Gasteiger partial charge in [0.25, 0.3) is 10.0 Å². The Kier molecular flexibility index (Phi) is 4.25. The Morgan fingerprint density at radius 3 is 2.65 bits per heavy atom. The lowest BCUT2D eigenvalue weighted by Gasteiger charge is -2.15. The van der Waals surface area contributed by atoms with E-state index >= 15 is 0 Å². The number of sulfonamides is 1. The van der Waals surface area contributed by atoms with Gasteiger partial charge in [-0.05, 0) is 25.0 Å². The first kappa shape index (κ1) is 14.7. The second-order valence-electron chi connectivity index (χ2n) is 4.75. The fraction of sp³-hybridized carbons (Fsp3) is 0.357. The average molecular weight is 293 g/mol. The van der Waals surface area contributed by atoms with Crippen molar-refractivity contribution in [1.82, 2.24) is 14.7 Å². The van der Waals surface area contributed by atoms with Gasteiger partial charge in [-0.2, -0.15) is 0 Å². The predicted molar refractivity (Wildman–Crippen MR) is 77.9 cm³/mol. The minimum Gasteiger partial charge on any atom is -0.332 e. The van der Waals surface area contributed by atoms with E-state index in [-0.39, 0.29) is 11.1 Å². The summed E-state index contributed by atoms with van der Waals surface area (Å²) in [6.45, 7) is 5.71. The first-order chi connectivity index (χ1) is 9.44. The standard InChI is InChI=1S/C14H19N3O2S/c1-4-13-15-9-14(16-13)20(18,19)17-11(3)12-8-6-5-7-10(12)2/h5-9,11,17H,4H2,1-3H3,(H,15,16). The second kappa shape index (κ2) is 5.76. The van der Waals surface area contributed by atoms with E-state index in [9.17, 15) is 8.42 Å². The van der Waals surface area contributed by atoms with Gasteiger partial charge in [-0.15, -0.1) is 0 Å². The number of aromatic nitrogens is 2. The molecule has 0 radical (unpaired) electrons. The molecule has 0 saturated carbocycles. The number of imidazole rings is 1. The van der Waals surface area contributed by atoms with Crippen molar-refractivity contribution in [2.24, 2.45) is 0 Å². The van der Waals surface area contributed by atoms with E-state index in [4.69, 9.17) is 0 Å². The Bertz CT molecular complexity index is 692. The van der Waals surface area contributed by atoms with Gasteiger partial charge in [0.1, 0.15) is 5.82 Å². The van der Waals surface area contributed by atoms with E-state index in [1.165, 1.54) is 6.20 Å². The zero-order valence-electron chi connectivity index (χ0n) is 11.8.